The predicted molar refractivity (Wildman–Crippen MR) is 109 cm³/mol. The van der Waals surface area contributed by atoms with Gasteiger partial charge in [-0.15, -0.1) is 22.7 Å². The molecule has 0 aliphatic carbocycles. The Bertz CT molecular complexity index is 1100. The first-order chi connectivity index (χ1) is 12.7. The predicted octanol–water partition coefficient (Wildman–Crippen LogP) is 6.34. The molecular weight excluding hydrogens is 407 g/mol. The molecule has 26 heavy (non-hydrogen) atoms. The summed E-state index contributed by atoms with van der Waals surface area (Å²) in [5, 5.41) is 2.97. The van der Waals surface area contributed by atoms with E-state index in [2.05, 4.69) is 22.1 Å². The third kappa shape index (κ3) is 2.85. The zero-order valence-corrected chi connectivity index (χ0v) is 16.1. The van der Waals surface area contributed by atoms with Crippen molar-refractivity contribution in [3.05, 3.63) is 58.8 Å². The molecule has 0 fully saturated rings. The summed E-state index contributed by atoms with van der Waals surface area (Å²) in [4.78, 5) is 18.1. The van der Waals surface area contributed by atoms with Crippen molar-refractivity contribution in [2.75, 3.05) is 0 Å². The number of benzene rings is 1. The van der Waals surface area contributed by atoms with Gasteiger partial charge < -0.3 is 0 Å². The van der Waals surface area contributed by atoms with E-state index in [1.165, 1.54) is 0 Å². The molecule has 0 atom stereocenters. The number of hydrogen-bond acceptors (Lipinski definition) is 6. The van der Waals surface area contributed by atoms with Gasteiger partial charge in [-0.1, -0.05) is 23.2 Å². The molecule has 8 heteroatoms. The van der Waals surface area contributed by atoms with E-state index in [1.807, 2.05) is 24.3 Å². The van der Waals surface area contributed by atoms with Gasteiger partial charge in [0.05, 0.1) is 41.9 Å². The molecule has 4 heterocycles. The number of rotatable bonds is 2. The molecule has 0 amide bonds. The molecule has 0 saturated carbocycles. The van der Waals surface area contributed by atoms with Crippen LogP contribution in [0.15, 0.2) is 48.8 Å². The highest BCUT2D eigenvalue weighted by Crippen LogP contribution is 2.36. The molecule has 126 valence electrons. The lowest BCUT2D eigenvalue weighted by molar-refractivity contribution is 1.30. The van der Waals surface area contributed by atoms with Gasteiger partial charge in [0.2, 0.25) is 0 Å². The van der Waals surface area contributed by atoms with Gasteiger partial charge in [0.1, 0.15) is 10.0 Å². The average molecular weight is 415 g/mol. The monoisotopic (exact) mass is 414 g/mol. The summed E-state index contributed by atoms with van der Waals surface area (Å²) in [6, 6.07) is 11.5. The smallest absolute Gasteiger partial charge is 0.143 e. The molecule has 0 saturated heterocycles. The third-order valence-electron chi connectivity index (χ3n) is 3.79. The standard InChI is InChI=1S/C18H8Cl2N4S2/c19-9-1-3-11(21-7-9)17-23-13-5-16-14(6-15(13)25-17)24-18(26-16)12-4-2-10(20)8-22-12/h1-8H. The fraction of sp³-hybridized carbons (Fsp3) is 0. The van der Waals surface area contributed by atoms with Crippen molar-refractivity contribution in [3.63, 3.8) is 0 Å². The largest absolute Gasteiger partial charge is 0.252 e. The van der Waals surface area contributed by atoms with Crippen molar-refractivity contribution in [1.82, 2.24) is 19.9 Å². The Balaban J connectivity index is 1.60. The summed E-state index contributed by atoms with van der Waals surface area (Å²) < 4.78 is 2.15. The first-order valence-corrected chi connectivity index (χ1v) is 9.99. The lowest BCUT2D eigenvalue weighted by atomic mass is 10.3. The van der Waals surface area contributed by atoms with Gasteiger partial charge in [-0.05, 0) is 36.4 Å². The van der Waals surface area contributed by atoms with E-state index in [9.17, 15) is 0 Å². The molecule has 0 aliphatic heterocycles. The minimum atomic E-state index is 0.614. The van der Waals surface area contributed by atoms with Crippen LogP contribution in [0.3, 0.4) is 0 Å². The Morgan fingerprint density at radius 2 is 1.12 bits per heavy atom. The van der Waals surface area contributed by atoms with Crippen molar-refractivity contribution in [2.24, 2.45) is 0 Å². The fourth-order valence-electron chi connectivity index (χ4n) is 2.57. The number of nitrogens with zero attached hydrogens (tertiary/aromatic N) is 4. The maximum Gasteiger partial charge on any atom is 0.143 e. The van der Waals surface area contributed by atoms with Crippen LogP contribution in [0.1, 0.15) is 0 Å². The van der Waals surface area contributed by atoms with Crippen LogP contribution in [0.4, 0.5) is 0 Å². The van der Waals surface area contributed by atoms with E-state index >= 15 is 0 Å². The Morgan fingerprint density at radius 1 is 0.654 bits per heavy atom. The van der Waals surface area contributed by atoms with Crippen LogP contribution in [-0.4, -0.2) is 19.9 Å². The molecule has 0 unspecified atom stereocenters. The Kier molecular flexibility index (Phi) is 3.86. The van der Waals surface area contributed by atoms with Gasteiger partial charge in [0.15, 0.2) is 0 Å². The van der Waals surface area contributed by atoms with Gasteiger partial charge >= 0.3 is 0 Å². The van der Waals surface area contributed by atoms with Crippen LogP contribution in [0, 0.1) is 0 Å². The van der Waals surface area contributed by atoms with E-state index in [4.69, 9.17) is 33.2 Å². The lowest BCUT2D eigenvalue weighted by Crippen LogP contribution is -1.80. The summed E-state index contributed by atoms with van der Waals surface area (Å²) >= 11 is 15.0. The van der Waals surface area contributed by atoms with Crippen molar-refractivity contribution >= 4 is 66.3 Å². The van der Waals surface area contributed by atoms with Gasteiger partial charge in [0.25, 0.3) is 0 Å². The number of aromatic nitrogens is 4. The van der Waals surface area contributed by atoms with Gasteiger partial charge in [-0.3, -0.25) is 9.97 Å². The second kappa shape index (κ2) is 6.25. The molecule has 5 rings (SSSR count). The number of pyridine rings is 2. The highest BCUT2D eigenvalue weighted by Gasteiger charge is 2.13. The molecule has 1 aromatic carbocycles. The van der Waals surface area contributed by atoms with E-state index in [0.29, 0.717) is 10.0 Å². The first-order valence-electron chi connectivity index (χ1n) is 7.61. The number of halogens is 2. The second-order valence-corrected chi connectivity index (χ2v) is 8.48. The molecule has 4 aromatic heterocycles. The summed E-state index contributed by atoms with van der Waals surface area (Å²) in [5.41, 5.74) is 3.51. The summed E-state index contributed by atoms with van der Waals surface area (Å²) in [6.45, 7) is 0. The highest BCUT2D eigenvalue weighted by atomic mass is 35.5. The van der Waals surface area contributed by atoms with E-state index < -0.39 is 0 Å². The van der Waals surface area contributed by atoms with Crippen molar-refractivity contribution in [1.29, 1.82) is 0 Å². The zero-order chi connectivity index (χ0) is 17.7. The van der Waals surface area contributed by atoms with Crippen LogP contribution in [0.5, 0.6) is 0 Å². The molecule has 0 aliphatic rings. The van der Waals surface area contributed by atoms with Crippen molar-refractivity contribution in [2.45, 2.75) is 0 Å². The Labute approximate surface area is 166 Å². The minimum absolute atomic E-state index is 0.614. The van der Waals surface area contributed by atoms with Crippen LogP contribution in [0.2, 0.25) is 10.0 Å². The lowest BCUT2D eigenvalue weighted by Gasteiger charge is -1.94. The molecule has 0 radical (unpaired) electrons. The van der Waals surface area contributed by atoms with E-state index in [-0.39, 0.29) is 0 Å². The van der Waals surface area contributed by atoms with Gasteiger partial charge in [0, 0.05) is 12.4 Å². The zero-order valence-electron chi connectivity index (χ0n) is 13.0. The maximum absolute atomic E-state index is 5.91. The van der Waals surface area contributed by atoms with Crippen LogP contribution in [0.25, 0.3) is 41.8 Å². The van der Waals surface area contributed by atoms with Gasteiger partial charge in [-0.2, -0.15) is 0 Å². The molecule has 0 spiro atoms. The van der Waals surface area contributed by atoms with E-state index in [0.717, 1.165) is 41.8 Å². The maximum atomic E-state index is 5.91. The average Bonchev–Trinajstić information content (AvgIpc) is 3.23. The SMILES string of the molecule is Clc1ccc(-c2nc3cc4sc(-c5ccc(Cl)cn5)nc4cc3s2)nc1. The van der Waals surface area contributed by atoms with Crippen molar-refractivity contribution < 1.29 is 0 Å². The molecule has 5 aromatic rings. The fourth-order valence-corrected chi connectivity index (χ4v) is 4.71. The quantitative estimate of drug-likeness (QED) is 0.338. The van der Waals surface area contributed by atoms with Crippen LogP contribution >= 0.6 is 45.9 Å². The number of fused-ring (bicyclic) bond motifs is 2. The molecule has 4 nitrogen and oxygen atoms in total. The summed E-state index contributed by atoms with van der Waals surface area (Å²) in [6.07, 6.45) is 3.27. The summed E-state index contributed by atoms with van der Waals surface area (Å²) in [7, 11) is 0. The minimum Gasteiger partial charge on any atom is -0.252 e. The normalized spacial score (nSPS) is 11.5. The first kappa shape index (κ1) is 16.1. The second-order valence-electron chi connectivity index (χ2n) is 5.55. The highest BCUT2D eigenvalue weighted by molar-refractivity contribution is 7.23. The van der Waals surface area contributed by atoms with Gasteiger partial charge in [-0.25, -0.2) is 9.97 Å². The van der Waals surface area contributed by atoms with E-state index in [1.54, 1.807) is 35.1 Å². The molecule has 0 bridgehead atoms. The Hall–Kier alpha value is -2.12. The number of hydrogen-bond donors (Lipinski definition) is 0. The third-order valence-corrected chi connectivity index (χ3v) is 6.32. The van der Waals surface area contributed by atoms with Crippen molar-refractivity contribution in [3.8, 4) is 21.4 Å². The molecular formula is C18H8Cl2N4S2. The van der Waals surface area contributed by atoms with Crippen LogP contribution in [-0.2, 0) is 0 Å². The Morgan fingerprint density at radius 3 is 1.50 bits per heavy atom. The number of thiazole rings is 2. The summed E-state index contributed by atoms with van der Waals surface area (Å²) in [5.74, 6) is 0. The topological polar surface area (TPSA) is 51.6 Å². The van der Waals surface area contributed by atoms with Crippen LogP contribution < -0.4 is 0 Å². The molecule has 0 N–H and O–H groups in total.